The van der Waals surface area contributed by atoms with Gasteiger partial charge in [0.15, 0.2) is 0 Å². The summed E-state index contributed by atoms with van der Waals surface area (Å²) in [6, 6.07) is 12.4. The number of benzene rings is 2. The van der Waals surface area contributed by atoms with Crippen molar-refractivity contribution < 1.29 is 14.3 Å². The molecule has 7 nitrogen and oxygen atoms in total. The molecular formula is C22H20ClN3O4. The van der Waals surface area contributed by atoms with E-state index in [4.69, 9.17) is 21.1 Å². The van der Waals surface area contributed by atoms with Gasteiger partial charge in [-0.05, 0) is 18.2 Å². The monoisotopic (exact) mass is 425 g/mol. The summed E-state index contributed by atoms with van der Waals surface area (Å²) in [6.45, 7) is 0. The minimum absolute atomic E-state index is 0.163. The van der Waals surface area contributed by atoms with Crippen LogP contribution in [0, 0.1) is 0 Å². The minimum Gasteiger partial charge on any atom is -0.495 e. The maximum atomic E-state index is 13.1. The summed E-state index contributed by atoms with van der Waals surface area (Å²) in [5.41, 5.74) is 2.08. The molecule has 1 amide bonds. The molecule has 2 heterocycles. The molecule has 0 saturated carbocycles. The number of para-hydroxylation sites is 1. The van der Waals surface area contributed by atoms with E-state index in [2.05, 4.69) is 5.32 Å². The van der Waals surface area contributed by atoms with Crippen LogP contribution in [0.4, 0.5) is 5.69 Å². The molecule has 30 heavy (non-hydrogen) atoms. The molecule has 0 fully saturated rings. The summed E-state index contributed by atoms with van der Waals surface area (Å²) in [5.74, 6) is 0.454. The van der Waals surface area contributed by atoms with Crippen LogP contribution in [0.3, 0.4) is 0 Å². The van der Waals surface area contributed by atoms with Gasteiger partial charge in [0.2, 0.25) is 0 Å². The van der Waals surface area contributed by atoms with Crippen molar-refractivity contribution in [2.75, 3.05) is 19.5 Å². The van der Waals surface area contributed by atoms with Crippen molar-refractivity contribution in [3.05, 3.63) is 63.5 Å². The van der Waals surface area contributed by atoms with E-state index in [1.165, 1.54) is 14.2 Å². The van der Waals surface area contributed by atoms with E-state index in [1.807, 2.05) is 24.3 Å². The molecule has 2 aromatic carbocycles. The zero-order chi connectivity index (χ0) is 21.6. The number of pyridine rings is 1. The highest BCUT2D eigenvalue weighted by Crippen LogP contribution is 2.36. The number of anilines is 1. The van der Waals surface area contributed by atoms with Gasteiger partial charge < -0.3 is 23.9 Å². The van der Waals surface area contributed by atoms with E-state index < -0.39 is 0 Å². The third kappa shape index (κ3) is 2.98. The van der Waals surface area contributed by atoms with Crippen LogP contribution in [0.2, 0.25) is 5.02 Å². The lowest BCUT2D eigenvalue weighted by atomic mass is 10.1. The van der Waals surface area contributed by atoms with E-state index >= 15 is 0 Å². The maximum absolute atomic E-state index is 13.1. The Balaban J connectivity index is 1.85. The Morgan fingerprint density at radius 1 is 0.967 bits per heavy atom. The maximum Gasteiger partial charge on any atom is 0.272 e. The molecule has 4 aromatic rings. The van der Waals surface area contributed by atoms with E-state index in [0.717, 1.165) is 10.9 Å². The van der Waals surface area contributed by atoms with Crippen molar-refractivity contribution in [2.45, 2.75) is 0 Å². The quantitative estimate of drug-likeness (QED) is 0.537. The number of fused-ring (bicyclic) bond motifs is 3. The van der Waals surface area contributed by atoms with Crippen LogP contribution in [-0.4, -0.2) is 29.3 Å². The van der Waals surface area contributed by atoms with Gasteiger partial charge in [0.1, 0.15) is 17.2 Å². The average molecular weight is 426 g/mol. The Hall–Kier alpha value is -3.45. The normalized spacial score (nSPS) is 11.1. The number of rotatable bonds is 4. The predicted octanol–water partition coefficient (Wildman–Crippen LogP) is 3.95. The summed E-state index contributed by atoms with van der Waals surface area (Å²) in [6.07, 6.45) is 0. The van der Waals surface area contributed by atoms with Gasteiger partial charge in [-0.15, -0.1) is 0 Å². The van der Waals surface area contributed by atoms with Gasteiger partial charge in [-0.2, -0.15) is 0 Å². The van der Waals surface area contributed by atoms with E-state index in [9.17, 15) is 9.59 Å². The fourth-order valence-corrected chi connectivity index (χ4v) is 3.95. The van der Waals surface area contributed by atoms with Gasteiger partial charge in [0.25, 0.3) is 11.5 Å². The summed E-state index contributed by atoms with van der Waals surface area (Å²) in [5, 5.41) is 4.52. The number of aryl methyl sites for hydroxylation is 2. The van der Waals surface area contributed by atoms with Crippen LogP contribution in [-0.2, 0) is 14.1 Å². The Morgan fingerprint density at radius 3 is 2.37 bits per heavy atom. The number of nitrogens with zero attached hydrogens (tertiary/aromatic N) is 2. The lowest BCUT2D eigenvalue weighted by molar-refractivity contribution is 0.101. The predicted molar refractivity (Wildman–Crippen MR) is 118 cm³/mol. The topological polar surface area (TPSA) is 74.5 Å². The molecule has 4 rings (SSSR count). The van der Waals surface area contributed by atoms with Gasteiger partial charge in [-0.3, -0.25) is 9.59 Å². The van der Waals surface area contributed by atoms with E-state index in [-0.39, 0.29) is 11.5 Å². The van der Waals surface area contributed by atoms with Gasteiger partial charge in [-0.25, -0.2) is 0 Å². The highest BCUT2D eigenvalue weighted by molar-refractivity contribution is 6.32. The summed E-state index contributed by atoms with van der Waals surface area (Å²) in [4.78, 5) is 26.0. The van der Waals surface area contributed by atoms with Crippen molar-refractivity contribution in [3.8, 4) is 11.5 Å². The van der Waals surface area contributed by atoms with Gasteiger partial charge in [0, 0.05) is 25.5 Å². The number of nitrogens with one attached hydrogen (secondary N) is 1. The molecular weight excluding hydrogens is 406 g/mol. The molecule has 0 radical (unpaired) electrons. The van der Waals surface area contributed by atoms with Crippen LogP contribution in [0.15, 0.2) is 47.3 Å². The van der Waals surface area contributed by atoms with Crippen LogP contribution in [0.25, 0.3) is 21.8 Å². The Bertz CT molecular complexity index is 1370. The first-order valence-electron chi connectivity index (χ1n) is 9.17. The Labute approximate surface area is 177 Å². The molecule has 0 aliphatic heterocycles. The largest absolute Gasteiger partial charge is 0.495 e. The van der Waals surface area contributed by atoms with Gasteiger partial charge >= 0.3 is 0 Å². The van der Waals surface area contributed by atoms with E-state index in [0.29, 0.717) is 38.8 Å². The first kappa shape index (κ1) is 19.8. The molecule has 154 valence electrons. The van der Waals surface area contributed by atoms with Crippen LogP contribution >= 0.6 is 11.6 Å². The number of hydrogen-bond acceptors (Lipinski definition) is 4. The van der Waals surface area contributed by atoms with Crippen LogP contribution < -0.4 is 20.3 Å². The molecule has 0 aliphatic carbocycles. The van der Waals surface area contributed by atoms with Crippen LogP contribution in [0.1, 0.15) is 10.5 Å². The second kappa shape index (κ2) is 7.42. The number of amides is 1. The fourth-order valence-electron chi connectivity index (χ4n) is 3.71. The average Bonchev–Trinajstić information content (AvgIpc) is 3.10. The number of carbonyl (C=O) groups is 1. The number of aromatic nitrogens is 2. The Morgan fingerprint density at radius 2 is 1.67 bits per heavy atom. The first-order valence-corrected chi connectivity index (χ1v) is 9.55. The third-order valence-electron chi connectivity index (χ3n) is 5.24. The van der Waals surface area contributed by atoms with E-state index in [1.54, 1.807) is 41.4 Å². The molecule has 0 aliphatic rings. The molecule has 1 N–H and O–H groups in total. The van der Waals surface area contributed by atoms with Crippen molar-refractivity contribution >= 4 is 45.0 Å². The Kier molecular flexibility index (Phi) is 4.91. The van der Waals surface area contributed by atoms with Crippen molar-refractivity contribution in [2.24, 2.45) is 14.1 Å². The summed E-state index contributed by atoms with van der Waals surface area (Å²) < 4.78 is 13.9. The van der Waals surface area contributed by atoms with Gasteiger partial charge in [0.05, 0.1) is 41.3 Å². The number of hydrogen-bond donors (Lipinski definition) is 1. The van der Waals surface area contributed by atoms with Crippen molar-refractivity contribution in [1.29, 1.82) is 0 Å². The smallest absolute Gasteiger partial charge is 0.272 e. The molecule has 2 aromatic heterocycles. The molecule has 0 atom stereocenters. The highest BCUT2D eigenvalue weighted by Gasteiger charge is 2.20. The number of methoxy groups -OCH3 is 2. The fraction of sp³-hybridized carbons (Fsp3) is 0.182. The summed E-state index contributed by atoms with van der Waals surface area (Å²) >= 11 is 6.21. The van der Waals surface area contributed by atoms with Gasteiger partial charge in [-0.1, -0.05) is 29.8 Å². The molecule has 8 heteroatoms. The lowest BCUT2D eigenvalue weighted by Crippen LogP contribution is -2.17. The second-order valence-corrected chi connectivity index (χ2v) is 7.28. The second-order valence-electron chi connectivity index (χ2n) is 6.87. The van der Waals surface area contributed by atoms with Crippen molar-refractivity contribution in [3.63, 3.8) is 0 Å². The minimum atomic E-state index is -0.389. The zero-order valence-electron chi connectivity index (χ0n) is 16.9. The van der Waals surface area contributed by atoms with Crippen LogP contribution in [0.5, 0.6) is 11.5 Å². The zero-order valence-corrected chi connectivity index (χ0v) is 17.7. The number of ether oxygens (including phenoxy) is 2. The van der Waals surface area contributed by atoms with Crippen molar-refractivity contribution in [1.82, 2.24) is 9.13 Å². The number of carbonyl (C=O) groups excluding carboxylic acids is 1. The number of halogens is 1. The molecule has 0 spiro atoms. The molecule has 0 bridgehead atoms. The highest BCUT2D eigenvalue weighted by atomic mass is 35.5. The molecule has 0 saturated heterocycles. The first-order chi connectivity index (χ1) is 14.4. The summed E-state index contributed by atoms with van der Waals surface area (Å²) in [7, 11) is 6.48. The lowest BCUT2D eigenvalue weighted by Gasteiger charge is -2.13. The third-order valence-corrected chi connectivity index (χ3v) is 5.54. The molecule has 0 unspecified atom stereocenters. The standard InChI is InChI=1S/C22H20ClN3O4/c1-25-17(21(27)24-15-10-14(23)18(29-3)11-19(15)30-4)9-13-20(25)12-7-5-6-8-16(12)26(2)22(13)28/h5-11H,1-4H3,(H,24,27). The SMILES string of the molecule is COc1cc(OC)c(NC(=O)c2cc3c(=O)n(C)c4ccccc4c3n2C)cc1Cl.